The fraction of sp³-hybridized carbons (Fsp3) is 0.250. The van der Waals surface area contributed by atoms with E-state index in [4.69, 9.17) is 9.47 Å². The SMILES string of the molecule is O=C(Nc1ccc(F)cc1)c1ccnc(OC2CCOC2)c1. The van der Waals surface area contributed by atoms with Gasteiger partial charge in [-0.25, -0.2) is 9.37 Å². The summed E-state index contributed by atoms with van der Waals surface area (Å²) in [4.78, 5) is 16.3. The maximum Gasteiger partial charge on any atom is 0.255 e. The molecule has 1 atom stereocenters. The zero-order valence-corrected chi connectivity index (χ0v) is 11.8. The number of halogens is 1. The van der Waals surface area contributed by atoms with Gasteiger partial charge in [-0.15, -0.1) is 0 Å². The molecule has 1 aromatic carbocycles. The van der Waals surface area contributed by atoms with Crippen molar-refractivity contribution in [3.63, 3.8) is 0 Å². The number of ether oxygens (including phenoxy) is 2. The van der Waals surface area contributed by atoms with Crippen LogP contribution in [-0.2, 0) is 4.74 Å². The molecule has 0 aliphatic carbocycles. The largest absolute Gasteiger partial charge is 0.472 e. The molecule has 1 aromatic heterocycles. The average Bonchev–Trinajstić information content (AvgIpc) is 3.03. The lowest BCUT2D eigenvalue weighted by Gasteiger charge is -2.11. The van der Waals surface area contributed by atoms with Gasteiger partial charge in [-0.3, -0.25) is 4.79 Å². The number of amides is 1. The van der Waals surface area contributed by atoms with Gasteiger partial charge in [0, 0.05) is 29.9 Å². The van der Waals surface area contributed by atoms with Crippen LogP contribution in [0.2, 0.25) is 0 Å². The average molecular weight is 302 g/mol. The van der Waals surface area contributed by atoms with Crippen LogP contribution in [0.1, 0.15) is 16.8 Å². The quantitative estimate of drug-likeness (QED) is 0.943. The van der Waals surface area contributed by atoms with Gasteiger partial charge in [0.2, 0.25) is 5.88 Å². The van der Waals surface area contributed by atoms with Crippen molar-refractivity contribution in [2.24, 2.45) is 0 Å². The summed E-state index contributed by atoms with van der Waals surface area (Å²) >= 11 is 0. The van der Waals surface area contributed by atoms with E-state index in [0.29, 0.717) is 30.3 Å². The lowest BCUT2D eigenvalue weighted by Crippen LogP contribution is -2.17. The first-order chi connectivity index (χ1) is 10.7. The van der Waals surface area contributed by atoms with Crippen molar-refractivity contribution in [2.75, 3.05) is 18.5 Å². The molecule has 0 radical (unpaired) electrons. The summed E-state index contributed by atoms with van der Waals surface area (Å²) in [6, 6.07) is 8.75. The number of nitrogens with one attached hydrogen (secondary N) is 1. The van der Waals surface area contributed by atoms with E-state index >= 15 is 0 Å². The topological polar surface area (TPSA) is 60.5 Å². The Balaban J connectivity index is 1.67. The molecule has 2 aromatic rings. The van der Waals surface area contributed by atoms with Crippen molar-refractivity contribution < 1.29 is 18.7 Å². The summed E-state index contributed by atoms with van der Waals surface area (Å²) in [6.07, 6.45) is 2.31. The number of anilines is 1. The van der Waals surface area contributed by atoms with Gasteiger partial charge in [0.25, 0.3) is 5.91 Å². The van der Waals surface area contributed by atoms with Crippen molar-refractivity contribution in [2.45, 2.75) is 12.5 Å². The lowest BCUT2D eigenvalue weighted by molar-refractivity contribution is 0.102. The molecule has 3 rings (SSSR count). The number of carbonyl (C=O) groups is 1. The Morgan fingerprint density at radius 2 is 2.14 bits per heavy atom. The van der Waals surface area contributed by atoms with Crippen LogP contribution < -0.4 is 10.1 Å². The van der Waals surface area contributed by atoms with Crippen molar-refractivity contribution in [1.29, 1.82) is 0 Å². The second-order valence-electron chi connectivity index (χ2n) is 4.95. The molecule has 0 bridgehead atoms. The van der Waals surface area contributed by atoms with Gasteiger partial charge in [-0.1, -0.05) is 0 Å². The maximum atomic E-state index is 12.8. The van der Waals surface area contributed by atoms with Crippen LogP contribution in [0.15, 0.2) is 42.6 Å². The highest BCUT2D eigenvalue weighted by Gasteiger charge is 2.18. The predicted octanol–water partition coefficient (Wildman–Crippen LogP) is 2.64. The molecular weight excluding hydrogens is 287 g/mol. The highest BCUT2D eigenvalue weighted by molar-refractivity contribution is 6.04. The van der Waals surface area contributed by atoms with Crippen LogP contribution in [0.5, 0.6) is 5.88 Å². The van der Waals surface area contributed by atoms with Gasteiger partial charge < -0.3 is 14.8 Å². The van der Waals surface area contributed by atoms with Crippen LogP contribution in [-0.4, -0.2) is 30.2 Å². The lowest BCUT2D eigenvalue weighted by atomic mass is 10.2. The van der Waals surface area contributed by atoms with Crippen molar-refractivity contribution >= 4 is 11.6 Å². The molecule has 22 heavy (non-hydrogen) atoms. The van der Waals surface area contributed by atoms with E-state index in [-0.39, 0.29) is 17.8 Å². The zero-order chi connectivity index (χ0) is 15.4. The van der Waals surface area contributed by atoms with Crippen LogP contribution in [0.4, 0.5) is 10.1 Å². The van der Waals surface area contributed by atoms with Crippen molar-refractivity contribution in [3.05, 3.63) is 54.0 Å². The van der Waals surface area contributed by atoms with E-state index < -0.39 is 0 Å². The molecule has 1 aliphatic heterocycles. The van der Waals surface area contributed by atoms with Gasteiger partial charge in [-0.05, 0) is 30.3 Å². The van der Waals surface area contributed by atoms with Crippen LogP contribution in [0, 0.1) is 5.82 Å². The Kier molecular flexibility index (Phi) is 4.29. The minimum absolute atomic E-state index is 0.0251. The fourth-order valence-electron chi connectivity index (χ4n) is 2.13. The van der Waals surface area contributed by atoms with Crippen LogP contribution in [0.3, 0.4) is 0 Å². The summed E-state index contributed by atoms with van der Waals surface area (Å²) in [5.41, 5.74) is 0.947. The Bertz CT molecular complexity index is 655. The summed E-state index contributed by atoms with van der Waals surface area (Å²) in [5, 5.41) is 2.69. The van der Waals surface area contributed by atoms with Gasteiger partial charge >= 0.3 is 0 Å². The van der Waals surface area contributed by atoms with E-state index in [1.54, 1.807) is 12.1 Å². The molecule has 114 valence electrons. The molecule has 0 spiro atoms. The Labute approximate surface area is 127 Å². The number of hydrogen-bond donors (Lipinski definition) is 1. The molecule has 2 heterocycles. The predicted molar refractivity (Wildman–Crippen MR) is 78.4 cm³/mol. The Morgan fingerprint density at radius 1 is 1.32 bits per heavy atom. The molecule has 6 heteroatoms. The molecule has 5 nitrogen and oxygen atoms in total. The third-order valence-electron chi connectivity index (χ3n) is 3.27. The molecule has 1 aliphatic rings. The van der Waals surface area contributed by atoms with E-state index in [1.165, 1.54) is 30.5 Å². The highest BCUT2D eigenvalue weighted by atomic mass is 19.1. The van der Waals surface area contributed by atoms with Gasteiger partial charge in [0.15, 0.2) is 0 Å². The maximum absolute atomic E-state index is 12.8. The molecule has 1 unspecified atom stereocenters. The number of pyridine rings is 1. The number of benzene rings is 1. The smallest absolute Gasteiger partial charge is 0.255 e. The number of hydrogen-bond acceptors (Lipinski definition) is 4. The summed E-state index contributed by atoms with van der Waals surface area (Å²) in [5.74, 6) is -0.264. The number of aromatic nitrogens is 1. The fourth-order valence-corrected chi connectivity index (χ4v) is 2.13. The zero-order valence-electron chi connectivity index (χ0n) is 11.8. The Hall–Kier alpha value is -2.47. The standard InChI is InChI=1S/C16H15FN2O3/c17-12-1-3-13(4-2-12)19-16(20)11-5-7-18-15(9-11)22-14-6-8-21-10-14/h1-5,7,9,14H,6,8,10H2,(H,19,20). The molecule has 1 saturated heterocycles. The van der Waals surface area contributed by atoms with Crippen molar-refractivity contribution in [1.82, 2.24) is 4.98 Å². The summed E-state index contributed by atoms with van der Waals surface area (Å²) in [6.45, 7) is 1.21. The summed E-state index contributed by atoms with van der Waals surface area (Å²) < 4.78 is 23.7. The first-order valence-corrected chi connectivity index (χ1v) is 6.98. The van der Waals surface area contributed by atoms with E-state index in [2.05, 4.69) is 10.3 Å². The molecule has 1 amide bonds. The van der Waals surface area contributed by atoms with E-state index in [0.717, 1.165) is 6.42 Å². The van der Waals surface area contributed by atoms with Gasteiger partial charge in [0.05, 0.1) is 13.2 Å². The third kappa shape index (κ3) is 3.59. The first kappa shape index (κ1) is 14.5. The van der Waals surface area contributed by atoms with E-state index in [1.807, 2.05) is 0 Å². The highest BCUT2D eigenvalue weighted by Crippen LogP contribution is 2.17. The molecular formula is C16H15FN2O3. The number of carbonyl (C=O) groups excluding carboxylic acids is 1. The second kappa shape index (κ2) is 6.53. The number of nitrogens with zero attached hydrogens (tertiary/aromatic N) is 1. The third-order valence-corrected chi connectivity index (χ3v) is 3.27. The number of rotatable bonds is 4. The Morgan fingerprint density at radius 3 is 2.86 bits per heavy atom. The monoisotopic (exact) mass is 302 g/mol. The van der Waals surface area contributed by atoms with Crippen molar-refractivity contribution in [3.8, 4) is 5.88 Å². The second-order valence-corrected chi connectivity index (χ2v) is 4.95. The van der Waals surface area contributed by atoms with Gasteiger partial charge in [0.1, 0.15) is 11.9 Å². The molecule has 1 N–H and O–H groups in total. The van der Waals surface area contributed by atoms with E-state index in [9.17, 15) is 9.18 Å². The minimum Gasteiger partial charge on any atom is -0.472 e. The first-order valence-electron chi connectivity index (χ1n) is 6.98. The normalized spacial score (nSPS) is 17.2. The molecule has 1 fully saturated rings. The van der Waals surface area contributed by atoms with Crippen LogP contribution >= 0.6 is 0 Å². The minimum atomic E-state index is -0.351. The van der Waals surface area contributed by atoms with Gasteiger partial charge in [-0.2, -0.15) is 0 Å². The summed E-state index contributed by atoms with van der Waals surface area (Å²) in [7, 11) is 0. The van der Waals surface area contributed by atoms with Crippen LogP contribution in [0.25, 0.3) is 0 Å². The molecule has 0 saturated carbocycles.